The van der Waals surface area contributed by atoms with E-state index in [1.54, 1.807) is 0 Å². The molecule has 1 heterocycles. The van der Waals surface area contributed by atoms with Crippen LogP contribution in [0, 0.1) is 12.8 Å². The third kappa shape index (κ3) is 7.42. The van der Waals surface area contributed by atoms with Gasteiger partial charge in [-0.3, -0.25) is 9.59 Å². The van der Waals surface area contributed by atoms with Crippen LogP contribution in [0.4, 0.5) is 13.2 Å². The SMILES string of the molecule is Cc1ccc(C[C@@H](NC(=O)C2CCCCC2)NC(=O)[C@@H]2CCCCN2S(=O)(=O)c2cccc(C(F)(F)F)c2)cc1. The van der Waals surface area contributed by atoms with Crippen molar-refractivity contribution in [1.29, 1.82) is 0 Å². The Bertz CT molecular complexity index is 1290. The van der Waals surface area contributed by atoms with Gasteiger partial charge in [-0.2, -0.15) is 17.5 Å². The Morgan fingerprint density at radius 1 is 0.925 bits per heavy atom. The van der Waals surface area contributed by atoms with Crippen molar-refractivity contribution < 1.29 is 31.2 Å². The molecule has 1 aliphatic carbocycles. The fourth-order valence-corrected chi connectivity index (χ4v) is 7.15. The van der Waals surface area contributed by atoms with Crippen LogP contribution in [0.15, 0.2) is 53.4 Å². The van der Waals surface area contributed by atoms with Crippen molar-refractivity contribution in [2.45, 2.75) is 88.0 Å². The molecule has 2 amide bonds. The van der Waals surface area contributed by atoms with Gasteiger partial charge in [0.25, 0.3) is 0 Å². The highest BCUT2D eigenvalue weighted by atomic mass is 32.2. The lowest BCUT2D eigenvalue weighted by Crippen LogP contribution is -2.58. The van der Waals surface area contributed by atoms with Gasteiger partial charge in [0.05, 0.1) is 10.5 Å². The first kappa shape index (κ1) is 30.0. The fraction of sp³-hybridized carbons (Fsp3) is 0.517. The largest absolute Gasteiger partial charge is 0.416 e. The van der Waals surface area contributed by atoms with Gasteiger partial charge in [-0.1, -0.05) is 61.6 Å². The van der Waals surface area contributed by atoms with E-state index in [0.717, 1.165) is 65.7 Å². The number of rotatable bonds is 8. The van der Waals surface area contributed by atoms with E-state index in [-0.39, 0.29) is 24.8 Å². The van der Waals surface area contributed by atoms with Gasteiger partial charge >= 0.3 is 6.18 Å². The lowest BCUT2D eigenvalue weighted by Gasteiger charge is -2.35. The maximum absolute atomic E-state index is 13.6. The standard InChI is InChI=1S/C29H36F3N3O4S/c1-20-13-15-21(16-14-20)18-26(33-27(36)22-8-3-2-4-9-22)34-28(37)25-12-5-6-17-35(25)40(38,39)24-11-7-10-23(19-24)29(30,31)32/h7,10-11,13-16,19,22,25-26H,2-6,8-9,12,17-18H2,1H3,(H,33,36)(H,34,37)/t25-,26-/m0/s1. The molecule has 4 rings (SSSR count). The summed E-state index contributed by atoms with van der Waals surface area (Å²) >= 11 is 0. The van der Waals surface area contributed by atoms with E-state index in [2.05, 4.69) is 10.6 Å². The fourth-order valence-electron chi connectivity index (χ4n) is 5.44. The van der Waals surface area contributed by atoms with Crippen LogP contribution in [0.2, 0.25) is 0 Å². The van der Waals surface area contributed by atoms with Crippen molar-refractivity contribution in [3.8, 4) is 0 Å². The summed E-state index contributed by atoms with van der Waals surface area (Å²) < 4.78 is 67.8. The predicted molar refractivity (Wildman–Crippen MR) is 145 cm³/mol. The van der Waals surface area contributed by atoms with Gasteiger partial charge in [0.2, 0.25) is 21.8 Å². The minimum absolute atomic E-state index is 0.00767. The summed E-state index contributed by atoms with van der Waals surface area (Å²) in [5.74, 6) is -0.871. The first-order valence-electron chi connectivity index (χ1n) is 13.8. The van der Waals surface area contributed by atoms with E-state index in [1.165, 1.54) is 0 Å². The number of nitrogens with one attached hydrogen (secondary N) is 2. The summed E-state index contributed by atoms with van der Waals surface area (Å²) in [6.45, 7) is 1.96. The van der Waals surface area contributed by atoms with E-state index >= 15 is 0 Å². The molecule has 2 aromatic rings. The molecule has 2 atom stereocenters. The predicted octanol–water partition coefficient (Wildman–Crippen LogP) is 4.94. The molecular weight excluding hydrogens is 543 g/mol. The molecule has 0 unspecified atom stereocenters. The molecule has 11 heteroatoms. The zero-order valence-electron chi connectivity index (χ0n) is 22.5. The van der Waals surface area contributed by atoms with Crippen LogP contribution >= 0.6 is 0 Å². The summed E-state index contributed by atoms with van der Waals surface area (Å²) in [7, 11) is -4.39. The normalized spacial score (nSPS) is 20.1. The quantitative estimate of drug-likeness (QED) is 0.433. The molecule has 1 saturated heterocycles. The molecule has 0 bridgehead atoms. The molecule has 0 aromatic heterocycles. The van der Waals surface area contributed by atoms with E-state index in [0.29, 0.717) is 25.3 Å². The van der Waals surface area contributed by atoms with E-state index in [4.69, 9.17) is 0 Å². The molecule has 1 saturated carbocycles. The highest BCUT2D eigenvalue weighted by molar-refractivity contribution is 7.89. The number of aryl methyl sites for hydroxylation is 1. The zero-order valence-corrected chi connectivity index (χ0v) is 23.4. The minimum Gasteiger partial charge on any atom is -0.335 e. The Labute approximate surface area is 233 Å². The van der Waals surface area contributed by atoms with Crippen molar-refractivity contribution in [2.24, 2.45) is 5.92 Å². The van der Waals surface area contributed by atoms with Gasteiger partial charge in [0.15, 0.2) is 0 Å². The number of hydrogen-bond acceptors (Lipinski definition) is 4. The summed E-state index contributed by atoms with van der Waals surface area (Å²) in [4.78, 5) is 26.1. The summed E-state index contributed by atoms with van der Waals surface area (Å²) in [6.07, 6.45) is 0.701. The van der Waals surface area contributed by atoms with Gasteiger partial charge in [-0.05, 0) is 56.4 Å². The average Bonchev–Trinajstić information content (AvgIpc) is 2.94. The maximum Gasteiger partial charge on any atom is 0.416 e. The van der Waals surface area contributed by atoms with Gasteiger partial charge in [0, 0.05) is 18.9 Å². The molecular formula is C29H36F3N3O4S. The van der Waals surface area contributed by atoms with Crippen molar-refractivity contribution in [3.63, 3.8) is 0 Å². The third-order valence-electron chi connectivity index (χ3n) is 7.69. The number of carbonyl (C=O) groups is 2. The molecule has 218 valence electrons. The topological polar surface area (TPSA) is 95.6 Å². The van der Waals surface area contributed by atoms with Crippen molar-refractivity contribution in [2.75, 3.05) is 6.54 Å². The highest BCUT2D eigenvalue weighted by Gasteiger charge is 2.40. The second kappa shape index (κ2) is 12.7. The smallest absolute Gasteiger partial charge is 0.335 e. The van der Waals surface area contributed by atoms with Crippen LogP contribution in [0.5, 0.6) is 0 Å². The number of hydrogen-bond donors (Lipinski definition) is 2. The molecule has 40 heavy (non-hydrogen) atoms. The molecule has 1 aliphatic heterocycles. The van der Waals surface area contributed by atoms with Crippen LogP contribution in [0.3, 0.4) is 0 Å². The third-order valence-corrected chi connectivity index (χ3v) is 9.60. The number of amides is 2. The maximum atomic E-state index is 13.6. The van der Waals surface area contributed by atoms with Crippen LogP contribution in [-0.4, -0.2) is 43.3 Å². The Balaban J connectivity index is 1.55. The molecule has 2 fully saturated rings. The molecule has 7 nitrogen and oxygen atoms in total. The monoisotopic (exact) mass is 579 g/mol. The number of benzene rings is 2. The molecule has 2 aliphatic rings. The molecule has 0 radical (unpaired) electrons. The lowest BCUT2D eigenvalue weighted by atomic mass is 9.88. The van der Waals surface area contributed by atoms with Crippen LogP contribution in [0.25, 0.3) is 0 Å². The Kier molecular flexibility index (Phi) is 9.56. The number of sulfonamides is 1. The average molecular weight is 580 g/mol. The first-order valence-corrected chi connectivity index (χ1v) is 15.2. The Morgan fingerprint density at radius 2 is 1.57 bits per heavy atom. The number of alkyl halides is 3. The van der Waals surface area contributed by atoms with Gasteiger partial charge < -0.3 is 10.6 Å². The summed E-state index contributed by atoms with van der Waals surface area (Å²) in [6, 6.07) is 10.1. The Hall–Kier alpha value is -2.92. The number of halogens is 3. The van der Waals surface area contributed by atoms with E-state index in [1.807, 2.05) is 31.2 Å². The number of nitrogens with zero attached hydrogens (tertiary/aromatic N) is 1. The molecule has 0 spiro atoms. The molecule has 2 aromatic carbocycles. The van der Waals surface area contributed by atoms with Crippen molar-refractivity contribution in [1.82, 2.24) is 14.9 Å². The Morgan fingerprint density at radius 3 is 2.25 bits per heavy atom. The van der Waals surface area contributed by atoms with Crippen LogP contribution in [-0.2, 0) is 32.2 Å². The molecule has 2 N–H and O–H groups in total. The van der Waals surface area contributed by atoms with Gasteiger partial charge in [-0.25, -0.2) is 8.42 Å². The van der Waals surface area contributed by atoms with Gasteiger partial charge in [-0.15, -0.1) is 0 Å². The second-order valence-corrected chi connectivity index (χ2v) is 12.6. The van der Waals surface area contributed by atoms with Crippen molar-refractivity contribution in [3.05, 3.63) is 65.2 Å². The zero-order chi connectivity index (χ0) is 28.9. The second-order valence-electron chi connectivity index (χ2n) is 10.7. The van der Waals surface area contributed by atoms with Crippen LogP contribution < -0.4 is 10.6 Å². The van der Waals surface area contributed by atoms with E-state index < -0.39 is 44.8 Å². The van der Waals surface area contributed by atoms with Crippen LogP contribution in [0.1, 0.15) is 68.1 Å². The van der Waals surface area contributed by atoms with Crippen molar-refractivity contribution >= 4 is 21.8 Å². The first-order chi connectivity index (χ1) is 18.9. The number of piperidine rings is 1. The highest BCUT2D eigenvalue weighted by Crippen LogP contribution is 2.32. The van der Waals surface area contributed by atoms with E-state index in [9.17, 15) is 31.2 Å². The minimum atomic E-state index is -4.70. The summed E-state index contributed by atoms with van der Waals surface area (Å²) in [5.41, 5.74) is 0.875. The van der Waals surface area contributed by atoms with Gasteiger partial charge in [0.1, 0.15) is 12.2 Å². The lowest BCUT2D eigenvalue weighted by molar-refractivity contribution is -0.137. The summed E-state index contributed by atoms with van der Waals surface area (Å²) in [5, 5.41) is 5.82. The number of carbonyl (C=O) groups excluding carboxylic acids is 2.